The summed E-state index contributed by atoms with van der Waals surface area (Å²) in [5, 5.41) is 3.75. The fourth-order valence-corrected chi connectivity index (χ4v) is 3.85. The largest absolute Gasteiger partial charge is 0.493 e. The third kappa shape index (κ3) is 4.82. The maximum Gasteiger partial charge on any atom is 0.227 e. The van der Waals surface area contributed by atoms with E-state index in [4.69, 9.17) is 9.47 Å². The zero-order valence-electron chi connectivity index (χ0n) is 17.0. The van der Waals surface area contributed by atoms with Crippen LogP contribution in [-0.2, 0) is 0 Å². The van der Waals surface area contributed by atoms with Crippen LogP contribution in [0.1, 0.15) is 12.8 Å². The monoisotopic (exact) mass is 474 g/mol. The molecule has 0 saturated carbocycles. The minimum absolute atomic E-state index is 0.310. The molecule has 1 aliphatic heterocycles. The summed E-state index contributed by atoms with van der Waals surface area (Å²) in [7, 11) is 3.77. The number of aromatic nitrogens is 2. The van der Waals surface area contributed by atoms with Gasteiger partial charge in [0.1, 0.15) is 5.82 Å². The van der Waals surface area contributed by atoms with Gasteiger partial charge in [0, 0.05) is 22.1 Å². The number of nitrogens with zero attached hydrogens (tertiary/aromatic N) is 3. The quantitative estimate of drug-likeness (QED) is 0.542. The number of halogens is 2. The number of ether oxygens (including phenoxy) is 2. The van der Waals surface area contributed by atoms with Crippen molar-refractivity contribution >= 4 is 38.5 Å². The Morgan fingerprint density at radius 3 is 2.73 bits per heavy atom. The van der Waals surface area contributed by atoms with Gasteiger partial charge in [0.2, 0.25) is 5.95 Å². The van der Waals surface area contributed by atoms with Crippen LogP contribution in [0.5, 0.6) is 11.5 Å². The highest BCUT2D eigenvalue weighted by molar-refractivity contribution is 9.10. The van der Waals surface area contributed by atoms with Gasteiger partial charge in [0.05, 0.1) is 24.9 Å². The van der Waals surface area contributed by atoms with Crippen LogP contribution in [0.15, 0.2) is 41.0 Å². The predicted octanol–water partition coefficient (Wildman–Crippen LogP) is 5.00. The topological polar surface area (TPSA) is 59.5 Å². The lowest BCUT2D eigenvalue weighted by Crippen LogP contribution is -2.32. The highest BCUT2D eigenvalue weighted by Crippen LogP contribution is 2.33. The van der Waals surface area contributed by atoms with E-state index in [0.717, 1.165) is 31.3 Å². The number of methoxy groups -OCH3 is 1. The number of rotatable bonds is 6. The summed E-state index contributed by atoms with van der Waals surface area (Å²) in [6, 6.07) is 8.50. The molecular weight excluding hydrogens is 451 g/mol. The normalized spacial score (nSPS) is 15.3. The van der Waals surface area contributed by atoms with Gasteiger partial charge in [-0.15, -0.1) is 0 Å². The van der Waals surface area contributed by atoms with E-state index >= 15 is 0 Å². The Kier molecular flexibility index (Phi) is 6.34. The third-order valence-corrected chi connectivity index (χ3v) is 5.85. The van der Waals surface area contributed by atoms with Crippen molar-refractivity contribution in [2.24, 2.45) is 5.92 Å². The van der Waals surface area contributed by atoms with Crippen molar-refractivity contribution in [3.63, 3.8) is 0 Å². The van der Waals surface area contributed by atoms with Crippen molar-refractivity contribution in [3.05, 3.63) is 46.8 Å². The molecule has 3 aromatic rings. The van der Waals surface area contributed by atoms with E-state index in [1.165, 1.54) is 6.07 Å². The Labute approximate surface area is 183 Å². The van der Waals surface area contributed by atoms with Gasteiger partial charge in [-0.05, 0) is 63.2 Å². The van der Waals surface area contributed by atoms with Crippen LogP contribution in [0.2, 0.25) is 0 Å². The lowest BCUT2D eigenvalue weighted by molar-refractivity contribution is 0.157. The average Bonchev–Trinajstić information content (AvgIpc) is 2.74. The first kappa shape index (κ1) is 20.8. The van der Waals surface area contributed by atoms with Gasteiger partial charge >= 0.3 is 0 Å². The van der Waals surface area contributed by atoms with Crippen LogP contribution >= 0.6 is 15.9 Å². The molecule has 4 rings (SSSR count). The molecule has 0 atom stereocenters. The van der Waals surface area contributed by atoms with E-state index in [1.807, 2.05) is 12.1 Å². The molecule has 1 aliphatic rings. The first-order chi connectivity index (χ1) is 14.5. The van der Waals surface area contributed by atoms with Gasteiger partial charge in [-0.25, -0.2) is 14.4 Å². The lowest BCUT2D eigenvalue weighted by Gasteiger charge is -2.28. The molecule has 0 bridgehead atoms. The SMILES string of the molecule is COc1cc2cnc(Nc3ccc(Br)cc3F)nc2cc1OCC1CCN(C)CC1. The minimum atomic E-state index is -0.384. The highest BCUT2D eigenvalue weighted by atomic mass is 79.9. The molecule has 0 unspecified atom stereocenters. The van der Waals surface area contributed by atoms with Gasteiger partial charge < -0.3 is 19.7 Å². The molecule has 0 amide bonds. The van der Waals surface area contributed by atoms with E-state index in [2.05, 4.69) is 43.2 Å². The van der Waals surface area contributed by atoms with E-state index in [-0.39, 0.29) is 5.82 Å². The summed E-state index contributed by atoms with van der Waals surface area (Å²) in [5.41, 5.74) is 1.01. The molecular formula is C22H24BrFN4O2. The number of likely N-dealkylation sites (tertiary alicyclic amines) is 1. The number of hydrogen-bond acceptors (Lipinski definition) is 6. The number of benzene rings is 2. The Morgan fingerprint density at radius 1 is 1.20 bits per heavy atom. The number of nitrogens with one attached hydrogen (secondary N) is 1. The summed E-state index contributed by atoms with van der Waals surface area (Å²) in [4.78, 5) is 11.2. The maximum atomic E-state index is 14.1. The van der Waals surface area contributed by atoms with Gasteiger partial charge in [0.15, 0.2) is 11.5 Å². The number of hydrogen-bond donors (Lipinski definition) is 1. The summed E-state index contributed by atoms with van der Waals surface area (Å²) in [6.07, 6.45) is 3.94. The zero-order chi connectivity index (χ0) is 21.1. The molecule has 6 nitrogen and oxygen atoms in total. The molecule has 30 heavy (non-hydrogen) atoms. The van der Waals surface area contributed by atoms with E-state index in [0.29, 0.717) is 45.6 Å². The standard InChI is InChI=1S/C22H24BrFN4O2/c1-28-7-5-14(6-8-28)13-30-21-11-19-15(9-20(21)29-2)12-25-22(27-19)26-18-4-3-16(23)10-17(18)24/h3-4,9-12,14H,5-8,13H2,1-2H3,(H,25,26,27). The fraction of sp³-hybridized carbons (Fsp3) is 0.364. The zero-order valence-corrected chi connectivity index (χ0v) is 18.6. The summed E-state index contributed by atoms with van der Waals surface area (Å²) in [6.45, 7) is 2.84. The molecule has 0 radical (unpaired) electrons. The Morgan fingerprint density at radius 2 is 2.00 bits per heavy atom. The van der Waals surface area contributed by atoms with Crippen LogP contribution in [0.25, 0.3) is 10.9 Å². The van der Waals surface area contributed by atoms with Crippen LogP contribution in [0.4, 0.5) is 16.0 Å². The lowest BCUT2D eigenvalue weighted by atomic mass is 9.98. The number of piperidine rings is 1. The van der Waals surface area contributed by atoms with Gasteiger partial charge in [-0.1, -0.05) is 15.9 Å². The highest BCUT2D eigenvalue weighted by Gasteiger charge is 2.18. The predicted molar refractivity (Wildman–Crippen MR) is 119 cm³/mol. The molecule has 0 aliphatic carbocycles. The fourth-order valence-electron chi connectivity index (χ4n) is 3.52. The molecule has 8 heteroatoms. The smallest absolute Gasteiger partial charge is 0.227 e. The maximum absolute atomic E-state index is 14.1. The number of anilines is 2. The summed E-state index contributed by atoms with van der Waals surface area (Å²) >= 11 is 3.25. The second-order valence-corrected chi connectivity index (χ2v) is 8.48. The van der Waals surface area contributed by atoms with E-state index in [9.17, 15) is 4.39 Å². The van der Waals surface area contributed by atoms with Gasteiger partial charge in [0.25, 0.3) is 0 Å². The van der Waals surface area contributed by atoms with Crippen molar-refractivity contribution in [1.29, 1.82) is 0 Å². The summed E-state index contributed by atoms with van der Waals surface area (Å²) in [5.74, 6) is 1.77. The van der Waals surface area contributed by atoms with Crippen molar-refractivity contribution in [1.82, 2.24) is 14.9 Å². The first-order valence-corrected chi connectivity index (χ1v) is 10.7. The Balaban J connectivity index is 1.54. The summed E-state index contributed by atoms with van der Waals surface area (Å²) < 4.78 is 26.4. The minimum Gasteiger partial charge on any atom is -0.493 e. The molecule has 1 saturated heterocycles. The van der Waals surface area contributed by atoms with Gasteiger partial charge in [-0.2, -0.15) is 0 Å². The van der Waals surface area contributed by atoms with Crippen molar-refractivity contribution in [2.45, 2.75) is 12.8 Å². The van der Waals surface area contributed by atoms with E-state index < -0.39 is 0 Å². The third-order valence-electron chi connectivity index (χ3n) is 5.36. The first-order valence-electron chi connectivity index (χ1n) is 9.90. The van der Waals surface area contributed by atoms with Crippen molar-refractivity contribution in [3.8, 4) is 11.5 Å². The molecule has 158 valence electrons. The van der Waals surface area contributed by atoms with Crippen molar-refractivity contribution < 1.29 is 13.9 Å². The van der Waals surface area contributed by atoms with Crippen LogP contribution in [-0.4, -0.2) is 48.7 Å². The van der Waals surface area contributed by atoms with Crippen LogP contribution < -0.4 is 14.8 Å². The second-order valence-electron chi connectivity index (χ2n) is 7.56. The molecule has 2 aromatic carbocycles. The molecule has 1 aromatic heterocycles. The molecule has 1 N–H and O–H groups in total. The number of fused-ring (bicyclic) bond motifs is 1. The van der Waals surface area contributed by atoms with Crippen LogP contribution in [0, 0.1) is 11.7 Å². The molecule has 1 fully saturated rings. The second kappa shape index (κ2) is 9.14. The van der Waals surface area contributed by atoms with E-state index in [1.54, 1.807) is 25.4 Å². The van der Waals surface area contributed by atoms with Gasteiger partial charge in [-0.3, -0.25) is 0 Å². The molecule has 2 heterocycles. The Hall–Kier alpha value is -2.45. The Bertz CT molecular complexity index is 1040. The van der Waals surface area contributed by atoms with Crippen LogP contribution in [0.3, 0.4) is 0 Å². The van der Waals surface area contributed by atoms with Crippen molar-refractivity contribution in [2.75, 3.05) is 39.2 Å². The average molecular weight is 475 g/mol. The molecule has 0 spiro atoms.